The summed E-state index contributed by atoms with van der Waals surface area (Å²) in [7, 11) is 0. The predicted octanol–water partition coefficient (Wildman–Crippen LogP) is -1.41. The molecular weight excluding hydrogens is 122 g/mol. The Bertz CT molecular complexity index is 228. The smallest absolute Gasteiger partial charge is 0.342 e. The predicted molar refractivity (Wildman–Crippen MR) is 28.3 cm³/mol. The lowest BCUT2D eigenvalue weighted by Crippen LogP contribution is -2.22. The van der Waals surface area contributed by atoms with E-state index >= 15 is 0 Å². The molecule has 4 N–H and O–H groups in total. The second-order valence-electron chi connectivity index (χ2n) is 1.32. The molecule has 0 fully saturated rings. The van der Waals surface area contributed by atoms with Crippen LogP contribution in [0.5, 0.6) is 0 Å². The van der Waals surface area contributed by atoms with Gasteiger partial charge in [-0.3, -0.25) is 0 Å². The highest BCUT2D eigenvalue weighted by Crippen LogP contribution is 1.89. The molecule has 0 bridgehead atoms. The summed E-state index contributed by atoms with van der Waals surface area (Å²) in [5.74, 6) is -0.0532. The van der Waals surface area contributed by atoms with Crippen molar-refractivity contribution in [3.8, 4) is 0 Å². The first kappa shape index (κ1) is 5.54. The molecule has 0 aliphatic heterocycles. The minimum atomic E-state index is -0.763. The van der Waals surface area contributed by atoms with E-state index in [9.17, 15) is 4.79 Å². The van der Waals surface area contributed by atoms with Gasteiger partial charge in [0.05, 0.1) is 0 Å². The third kappa shape index (κ3) is 0.809. The molecule has 0 saturated carbocycles. The third-order valence-corrected chi connectivity index (χ3v) is 0.735. The van der Waals surface area contributed by atoms with Crippen LogP contribution >= 0.6 is 0 Å². The van der Waals surface area contributed by atoms with E-state index < -0.39 is 6.03 Å². The second kappa shape index (κ2) is 1.73. The van der Waals surface area contributed by atoms with Crippen LogP contribution in [0.25, 0.3) is 0 Å². The van der Waals surface area contributed by atoms with Gasteiger partial charge in [0.25, 0.3) is 0 Å². The van der Waals surface area contributed by atoms with Crippen LogP contribution in [0.4, 0.5) is 10.7 Å². The summed E-state index contributed by atoms with van der Waals surface area (Å²) in [5.41, 5.74) is 9.88. The molecule has 1 rings (SSSR count). The van der Waals surface area contributed by atoms with Crippen LogP contribution in [0.1, 0.15) is 0 Å². The standard InChI is InChI=1S/C3H4N5O/c4-2-6-1-7-8(2)3(5)9/h(H2,5,9)(H2,4,6,7). The number of carbonyl (C=O) groups excluding carboxylic acids is 1. The van der Waals surface area contributed by atoms with Crippen LogP contribution in [0, 0.1) is 6.33 Å². The van der Waals surface area contributed by atoms with E-state index in [2.05, 4.69) is 16.4 Å². The first-order valence-electron chi connectivity index (χ1n) is 2.10. The maximum Gasteiger partial charge on any atom is 0.342 e. The summed E-state index contributed by atoms with van der Waals surface area (Å²) in [6, 6.07) is -0.763. The molecule has 0 atom stereocenters. The first-order valence-corrected chi connectivity index (χ1v) is 2.10. The Kier molecular flexibility index (Phi) is 1.07. The summed E-state index contributed by atoms with van der Waals surface area (Å²) < 4.78 is 0.750. The Hall–Kier alpha value is -1.59. The highest BCUT2D eigenvalue weighted by atomic mass is 16.2. The SMILES string of the molecule is NC(=O)n1n[c]nc1N. The molecule has 0 aliphatic carbocycles. The van der Waals surface area contributed by atoms with Gasteiger partial charge in [-0.05, 0) is 0 Å². The molecule has 1 heterocycles. The maximum absolute atomic E-state index is 10.3. The van der Waals surface area contributed by atoms with Gasteiger partial charge in [-0.15, -0.1) is 9.78 Å². The Balaban J connectivity index is 3.08. The fourth-order valence-electron chi connectivity index (χ4n) is 0.379. The monoisotopic (exact) mass is 126 g/mol. The highest BCUT2D eigenvalue weighted by Gasteiger charge is 2.02. The lowest BCUT2D eigenvalue weighted by atomic mass is 10.9. The number of aromatic nitrogens is 3. The number of hydrogen-bond acceptors (Lipinski definition) is 4. The Morgan fingerprint density at radius 2 is 2.44 bits per heavy atom. The number of nitrogens with two attached hydrogens (primary N) is 2. The summed E-state index contributed by atoms with van der Waals surface area (Å²) in [4.78, 5) is 13.6. The molecule has 0 saturated heterocycles. The number of nitrogens with zero attached hydrogens (tertiary/aromatic N) is 3. The van der Waals surface area contributed by atoms with Crippen LogP contribution in [0.2, 0.25) is 0 Å². The quantitative estimate of drug-likeness (QED) is 0.445. The van der Waals surface area contributed by atoms with Gasteiger partial charge >= 0.3 is 6.03 Å². The molecule has 0 unspecified atom stereocenters. The molecule has 1 radical (unpaired) electrons. The van der Waals surface area contributed by atoms with Crippen molar-refractivity contribution < 1.29 is 4.79 Å². The van der Waals surface area contributed by atoms with E-state index in [0.29, 0.717) is 0 Å². The van der Waals surface area contributed by atoms with Crippen LogP contribution in [-0.4, -0.2) is 20.8 Å². The fourth-order valence-corrected chi connectivity index (χ4v) is 0.379. The summed E-state index contributed by atoms with van der Waals surface area (Å²) in [6.07, 6.45) is 2.12. The van der Waals surface area contributed by atoms with Crippen molar-refractivity contribution in [2.45, 2.75) is 0 Å². The minimum Gasteiger partial charge on any atom is -0.368 e. The molecule has 6 heteroatoms. The van der Waals surface area contributed by atoms with Crippen molar-refractivity contribution in [3.05, 3.63) is 6.33 Å². The lowest BCUT2D eigenvalue weighted by Gasteiger charge is -1.90. The molecule has 47 valence electrons. The molecule has 1 aromatic rings. The number of rotatable bonds is 0. The van der Waals surface area contributed by atoms with Gasteiger partial charge in [0.2, 0.25) is 12.3 Å². The molecule has 1 amide bonds. The number of nitrogen functional groups attached to an aromatic ring is 1. The van der Waals surface area contributed by atoms with Crippen LogP contribution in [-0.2, 0) is 0 Å². The van der Waals surface area contributed by atoms with E-state index in [1.165, 1.54) is 0 Å². The van der Waals surface area contributed by atoms with Crippen molar-refractivity contribution >= 4 is 12.0 Å². The first-order chi connectivity index (χ1) is 4.22. The van der Waals surface area contributed by atoms with E-state index in [1.54, 1.807) is 0 Å². The molecule has 1 aromatic heterocycles. The molecule has 0 aliphatic rings. The maximum atomic E-state index is 10.3. The van der Waals surface area contributed by atoms with Gasteiger partial charge in [-0.1, -0.05) is 0 Å². The van der Waals surface area contributed by atoms with Gasteiger partial charge in [0.1, 0.15) is 0 Å². The number of hydrogen-bond donors (Lipinski definition) is 2. The summed E-state index contributed by atoms with van der Waals surface area (Å²) in [6.45, 7) is 0. The van der Waals surface area contributed by atoms with Crippen molar-refractivity contribution in [1.29, 1.82) is 0 Å². The summed E-state index contributed by atoms with van der Waals surface area (Å²) >= 11 is 0. The molecule has 9 heavy (non-hydrogen) atoms. The van der Waals surface area contributed by atoms with Gasteiger partial charge < -0.3 is 11.5 Å². The van der Waals surface area contributed by atoms with Crippen LogP contribution < -0.4 is 11.5 Å². The van der Waals surface area contributed by atoms with Gasteiger partial charge in [-0.25, -0.2) is 4.79 Å². The van der Waals surface area contributed by atoms with Crippen molar-refractivity contribution in [2.75, 3.05) is 5.73 Å². The molecular formula is C3H4N5O. The average Bonchev–Trinajstić information content (AvgIpc) is 2.13. The second-order valence-corrected chi connectivity index (χ2v) is 1.32. The van der Waals surface area contributed by atoms with Crippen LogP contribution in [0.3, 0.4) is 0 Å². The fraction of sp³-hybridized carbons (Fsp3) is 0. The van der Waals surface area contributed by atoms with Gasteiger partial charge in [0.15, 0.2) is 0 Å². The third-order valence-electron chi connectivity index (χ3n) is 0.735. The van der Waals surface area contributed by atoms with Gasteiger partial charge in [-0.2, -0.15) is 4.98 Å². The zero-order valence-electron chi connectivity index (χ0n) is 4.40. The van der Waals surface area contributed by atoms with Crippen LogP contribution in [0.15, 0.2) is 0 Å². The average molecular weight is 126 g/mol. The van der Waals surface area contributed by atoms with E-state index in [0.717, 1.165) is 4.68 Å². The van der Waals surface area contributed by atoms with Crippen molar-refractivity contribution in [1.82, 2.24) is 14.8 Å². The number of primary amides is 1. The zero-order valence-corrected chi connectivity index (χ0v) is 4.40. The van der Waals surface area contributed by atoms with E-state index in [4.69, 9.17) is 11.5 Å². The Labute approximate surface area is 50.5 Å². The number of anilines is 1. The van der Waals surface area contributed by atoms with Crippen molar-refractivity contribution in [2.24, 2.45) is 5.73 Å². The Morgan fingerprint density at radius 1 is 1.78 bits per heavy atom. The van der Waals surface area contributed by atoms with Gasteiger partial charge in [0, 0.05) is 0 Å². The largest absolute Gasteiger partial charge is 0.368 e. The summed E-state index contributed by atoms with van der Waals surface area (Å²) in [5, 5.41) is 3.30. The highest BCUT2D eigenvalue weighted by molar-refractivity contribution is 5.75. The van der Waals surface area contributed by atoms with E-state index in [-0.39, 0.29) is 5.95 Å². The lowest BCUT2D eigenvalue weighted by molar-refractivity contribution is 0.248. The molecule has 0 aromatic carbocycles. The number of amides is 1. The topological polar surface area (TPSA) is 99.8 Å². The molecule has 6 nitrogen and oxygen atoms in total. The molecule has 0 spiro atoms. The normalized spacial score (nSPS) is 9.33. The minimum absolute atomic E-state index is 0.0532. The van der Waals surface area contributed by atoms with E-state index in [1.807, 2.05) is 0 Å². The zero-order chi connectivity index (χ0) is 6.85. The number of carbonyl (C=O) groups is 1. The Morgan fingerprint density at radius 3 is 2.67 bits per heavy atom. The van der Waals surface area contributed by atoms with Crippen molar-refractivity contribution in [3.63, 3.8) is 0 Å².